The number of aromatic nitrogens is 2. The van der Waals surface area contributed by atoms with Gasteiger partial charge in [0, 0.05) is 25.1 Å². The van der Waals surface area contributed by atoms with E-state index in [1.165, 1.54) is 18.2 Å². The summed E-state index contributed by atoms with van der Waals surface area (Å²) in [5.74, 6) is 0.322. The molecule has 29 heavy (non-hydrogen) atoms. The fourth-order valence-electron chi connectivity index (χ4n) is 3.79. The largest absolute Gasteiger partial charge is 0.339 e. The lowest BCUT2D eigenvalue weighted by Gasteiger charge is -2.32. The van der Waals surface area contributed by atoms with E-state index in [-0.39, 0.29) is 22.4 Å². The summed E-state index contributed by atoms with van der Waals surface area (Å²) in [6.45, 7) is 3.09. The van der Waals surface area contributed by atoms with E-state index in [1.807, 2.05) is 31.2 Å². The van der Waals surface area contributed by atoms with Gasteiger partial charge in [-0.2, -0.15) is 4.98 Å². The van der Waals surface area contributed by atoms with Crippen LogP contribution in [0.3, 0.4) is 0 Å². The van der Waals surface area contributed by atoms with Crippen molar-refractivity contribution in [3.05, 3.63) is 70.3 Å². The predicted octanol–water partition coefficient (Wildman–Crippen LogP) is 4.93. The van der Waals surface area contributed by atoms with Gasteiger partial charge in [-0.05, 0) is 43.4 Å². The quantitative estimate of drug-likeness (QED) is 0.608. The Bertz CT molecular complexity index is 1020. The van der Waals surface area contributed by atoms with Gasteiger partial charge in [0.25, 0.3) is 5.91 Å². The number of nitrogens with zero attached hydrogens (tertiary/aromatic N) is 3. The van der Waals surface area contributed by atoms with Gasteiger partial charge < -0.3 is 9.42 Å². The predicted molar refractivity (Wildman–Crippen MR) is 108 cm³/mol. The van der Waals surface area contributed by atoms with E-state index >= 15 is 0 Å². The highest BCUT2D eigenvalue weighted by molar-refractivity contribution is 6.33. The lowest BCUT2D eigenvalue weighted by atomic mass is 9.94. The zero-order valence-electron chi connectivity index (χ0n) is 16.1. The van der Waals surface area contributed by atoms with Crippen LogP contribution < -0.4 is 0 Å². The zero-order chi connectivity index (χ0) is 20.4. The Morgan fingerprint density at radius 1 is 1.28 bits per heavy atom. The maximum absolute atomic E-state index is 14.1. The number of benzene rings is 2. The van der Waals surface area contributed by atoms with Crippen molar-refractivity contribution in [2.75, 3.05) is 13.1 Å². The molecule has 0 aliphatic carbocycles. The van der Waals surface area contributed by atoms with E-state index in [0.29, 0.717) is 31.2 Å². The minimum atomic E-state index is -0.593. The van der Waals surface area contributed by atoms with E-state index in [9.17, 15) is 9.18 Å². The SMILES string of the molecule is Cc1ccccc1-c1noc(CC2CCCN(C(=O)c3c(F)cccc3Cl)C2)n1. The number of likely N-dealkylation sites (tertiary alicyclic amines) is 1. The smallest absolute Gasteiger partial charge is 0.258 e. The van der Waals surface area contributed by atoms with Gasteiger partial charge in [-0.25, -0.2) is 4.39 Å². The van der Waals surface area contributed by atoms with Gasteiger partial charge in [0.1, 0.15) is 5.82 Å². The normalized spacial score (nSPS) is 16.8. The van der Waals surface area contributed by atoms with Crippen LogP contribution in [0, 0.1) is 18.7 Å². The summed E-state index contributed by atoms with van der Waals surface area (Å²) in [7, 11) is 0. The molecule has 1 saturated heterocycles. The van der Waals surface area contributed by atoms with Gasteiger partial charge >= 0.3 is 0 Å². The van der Waals surface area contributed by atoms with Crippen molar-refractivity contribution in [3.63, 3.8) is 0 Å². The van der Waals surface area contributed by atoms with Gasteiger partial charge in [-0.3, -0.25) is 4.79 Å². The minimum absolute atomic E-state index is 0.0607. The standard InChI is InChI=1S/C22H21ClFN3O2/c1-14-6-2-3-8-16(14)21-25-19(29-26-21)12-15-7-5-11-27(13-15)22(28)20-17(23)9-4-10-18(20)24/h2-4,6,8-10,15H,5,7,11-13H2,1H3. The van der Waals surface area contributed by atoms with Crippen LogP contribution in [0.15, 0.2) is 47.0 Å². The van der Waals surface area contributed by atoms with Gasteiger partial charge in [0.05, 0.1) is 10.6 Å². The lowest BCUT2D eigenvalue weighted by Crippen LogP contribution is -2.41. The first-order chi connectivity index (χ1) is 14.0. The van der Waals surface area contributed by atoms with E-state index < -0.39 is 5.82 Å². The Morgan fingerprint density at radius 3 is 2.90 bits per heavy atom. The Morgan fingerprint density at radius 2 is 2.10 bits per heavy atom. The Balaban J connectivity index is 1.46. The molecule has 0 spiro atoms. The molecule has 0 saturated carbocycles. The van der Waals surface area contributed by atoms with Crippen molar-refractivity contribution in [2.24, 2.45) is 5.92 Å². The van der Waals surface area contributed by atoms with Crippen LogP contribution in [0.1, 0.15) is 34.7 Å². The zero-order valence-corrected chi connectivity index (χ0v) is 16.8. The number of rotatable bonds is 4. The number of piperidine rings is 1. The summed E-state index contributed by atoms with van der Waals surface area (Å²) < 4.78 is 19.6. The van der Waals surface area contributed by atoms with Crippen LogP contribution in [0.25, 0.3) is 11.4 Å². The van der Waals surface area contributed by atoms with E-state index in [1.54, 1.807) is 4.90 Å². The average Bonchev–Trinajstić information content (AvgIpc) is 3.16. The molecule has 5 nitrogen and oxygen atoms in total. The summed E-state index contributed by atoms with van der Waals surface area (Å²) in [5, 5.41) is 4.24. The number of carbonyl (C=O) groups is 1. The van der Waals surface area contributed by atoms with Crippen molar-refractivity contribution in [2.45, 2.75) is 26.2 Å². The average molecular weight is 414 g/mol. The molecule has 1 aliphatic heterocycles. The van der Waals surface area contributed by atoms with Crippen LogP contribution in [0.4, 0.5) is 4.39 Å². The molecule has 0 bridgehead atoms. The maximum Gasteiger partial charge on any atom is 0.258 e. The topological polar surface area (TPSA) is 59.2 Å². The third kappa shape index (κ3) is 4.17. The molecule has 150 valence electrons. The van der Waals surface area contributed by atoms with Crippen LogP contribution in [-0.4, -0.2) is 34.0 Å². The molecular formula is C22H21ClFN3O2. The number of aryl methyl sites for hydroxylation is 1. The highest BCUT2D eigenvalue weighted by atomic mass is 35.5. The van der Waals surface area contributed by atoms with Crippen molar-refractivity contribution in [1.29, 1.82) is 0 Å². The first-order valence-electron chi connectivity index (χ1n) is 9.65. The van der Waals surface area contributed by atoms with Crippen LogP contribution in [-0.2, 0) is 6.42 Å². The lowest BCUT2D eigenvalue weighted by molar-refractivity contribution is 0.0663. The third-order valence-electron chi connectivity index (χ3n) is 5.30. The Kier molecular flexibility index (Phi) is 5.62. The summed E-state index contributed by atoms with van der Waals surface area (Å²) in [5.41, 5.74) is 1.96. The van der Waals surface area contributed by atoms with E-state index in [4.69, 9.17) is 16.1 Å². The van der Waals surface area contributed by atoms with E-state index in [0.717, 1.165) is 24.0 Å². The molecule has 1 aliphatic rings. The number of halogens is 2. The number of amides is 1. The molecule has 0 N–H and O–H groups in total. The monoisotopic (exact) mass is 413 g/mol. The maximum atomic E-state index is 14.1. The second-order valence-corrected chi connectivity index (χ2v) is 7.79. The molecular weight excluding hydrogens is 393 g/mol. The van der Waals surface area contributed by atoms with Crippen LogP contribution in [0.5, 0.6) is 0 Å². The van der Waals surface area contributed by atoms with Gasteiger partial charge in [0.2, 0.25) is 11.7 Å². The van der Waals surface area contributed by atoms with Crippen molar-refractivity contribution >= 4 is 17.5 Å². The fraction of sp³-hybridized carbons (Fsp3) is 0.318. The molecule has 0 radical (unpaired) electrons. The highest BCUT2D eigenvalue weighted by Crippen LogP contribution is 2.27. The summed E-state index contributed by atoms with van der Waals surface area (Å²) in [6.07, 6.45) is 2.35. The molecule has 3 aromatic rings. The molecule has 1 aromatic heterocycles. The van der Waals surface area contributed by atoms with E-state index in [2.05, 4.69) is 10.1 Å². The molecule has 1 fully saturated rings. The first kappa shape index (κ1) is 19.6. The molecule has 7 heteroatoms. The molecule has 2 aromatic carbocycles. The second-order valence-electron chi connectivity index (χ2n) is 7.39. The van der Waals surface area contributed by atoms with Gasteiger partial charge in [0.15, 0.2) is 0 Å². The molecule has 2 heterocycles. The van der Waals surface area contributed by atoms with Crippen molar-refractivity contribution in [1.82, 2.24) is 15.0 Å². The summed E-state index contributed by atoms with van der Waals surface area (Å²) in [4.78, 5) is 19.0. The summed E-state index contributed by atoms with van der Waals surface area (Å²) in [6, 6.07) is 12.2. The Labute approximate surface area is 173 Å². The number of carbonyl (C=O) groups excluding carboxylic acids is 1. The second kappa shape index (κ2) is 8.33. The fourth-order valence-corrected chi connectivity index (χ4v) is 4.04. The molecule has 1 amide bonds. The van der Waals surface area contributed by atoms with Crippen molar-refractivity contribution in [3.8, 4) is 11.4 Å². The molecule has 4 rings (SSSR count). The number of hydrogen-bond donors (Lipinski definition) is 0. The highest BCUT2D eigenvalue weighted by Gasteiger charge is 2.28. The van der Waals surface area contributed by atoms with Gasteiger partial charge in [-0.1, -0.05) is 47.1 Å². The number of hydrogen-bond acceptors (Lipinski definition) is 4. The first-order valence-corrected chi connectivity index (χ1v) is 10.0. The van der Waals surface area contributed by atoms with Crippen molar-refractivity contribution < 1.29 is 13.7 Å². The minimum Gasteiger partial charge on any atom is -0.339 e. The third-order valence-corrected chi connectivity index (χ3v) is 5.62. The van der Waals surface area contributed by atoms with Crippen LogP contribution >= 0.6 is 11.6 Å². The molecule has 1 unspecified atom stereocenters. The Hall–Kier alpha value is -2.73. The van der Waals surface area contributed by atoms with Gasteiger partial charge in [-0.15, -0.1) is 0 Å². The molecule has 1 atom stereocenters. The van der Waals surface area contributed by atoms with Crippen LogP contribution in [0.2, 0.25) is 5.02 Å². The summed E-state index contributed by atoms with van der Waals surface area (Å²) >= 11 is 6.06.